The lowest BCUT2D eigenvalue weighted by Gasteiger charge is -2.28. The van der Waals surface area contributed by atoms with Crippen LogP contribution in [0.4, 0.5) is 5.69 Å². The summed E-state index contributed by atoms with van der Waals surface area (Å²) in [7, 11) is 1.38. The van der Waals surface area contributed by atoms with Crippen molar-refractivity contribution in [3.05, 3.63) is 95.6 Å². The van der Waals surface area contributed by atoms with Crippen molar-refractivity contribution in [3.8, 4) is 5.75 Å². The molecule has 0 radical (unpaired) electrons. The van der Waals surface area contributed by atoms with Crippen LogP contribution in [-0.2, 0) is 22.6 Å². The number of hydrogen-bond acceptors (Lipinski definition) is 5. The second kappa shape index (κ2) is 12.1. The number of methoxy groups -OCH3 is 1. The number of anilines is 1. The summed E-state index contributed by atoms with van der Waals surface area (Å²) in [6, 6.07) is 24.4. The minimum absolute atomic E-state index is 0.00339. The molecule has 0 aromatic heterocycles. The summed E-state index contributed by atoms with van der Waals surface area (Å²) in [5.41, 5.74) is 3.28. The molecule has 6 heteroatoms. The van der Waals surface area contributed by atoms with Gasteiger partial charge in [-0.15, -0.1) is 0 Å². The minimum Gasteiger partial charge on any atom is -0.489 e. The Kier molecular flexibility index (Phi) is 8.39. The van der Waals surface area contributed by atoms with Gasteiger partial charge in [-0.25, -0.2) is 4.79 Å². The van der Waals surface area contributed by atoms with Crippen LogP contribution in [0.5, 0.6) is 5.75 Å². The summed E-state index contributed by atoms with van der Waals surface area (Å²) in [6.45, 7) is 2.03. The van der Waals surface area contributed by atoms with E-state index in [1.54, 1.807) is 0 Å². The molecule has 1 fully saturated rings. The van der Waals surface area contributed by atoms with Gasteiger partial charge in [-0.2, -0.15) is 0 Å². The number of para-hydroxylation sites is 1. The Morgan fingerprint density at radius 1 is 0.857 bits per heavy atom. The molecule has 0 aliphatic carbocycles. The average Bonchev–Trinajstić information content (AvgIpc) is 2.93. The van der Waals surface area contributed by atoms with Crippen molar-refractivity contribution < 1.29 is 19.1 Å². The second-order valence-electron chi connectivity index (χ2n) is 8.74. The molecular formula is C29H32N2O4. The number of amides is 1. The molecule has 182 valence electrons. The first-order valence-electron chi connectivity index (χ1n) is 12.1. The highest BCUT2D eigenvalue weighted by Gasteiger charge is 2.24. The fourth-order valence-electron chi connectivity index (χ4n) is 4.28. The third-order valence-electron chi connectivity index (χ3n) is 6.23. The van der Waals surface area contributed by atoms with Gasteiger partial charge in [0.05, 0.1) is 12.7 Å². The first kappa shape index (κ1) is 24.3. The van der Waals surface area contributed by atoms with Crippen LogP contribution in [0, 0.1) is 0 Å². The first-order chi connectivity index (χ1) is 17.1. The maximum atomic E-state index is 13.2. The molecule has 1 aliphatic rings. The Hall–Kier alpha value is -3.80. The number of esters is 1. The summed E-state index contributed by atoms with van der Waals surface area (Å²) in [6.07, 6.45) is 3.62. The van der Waals surface area contributed by atoms with E-state index < -0.39 is 6.04 Å². The van der Waals surface area contributed by atoms with Crippen molar-refractivity contribution in [2.45, 2.75) is 38.3 Å². The van der Waals surface area contributed by atoms with Crippen LogP contribution < -0.4 is 10.1 Å². The molecule has 1 saturated heterocycles. The molecule has 1 unspecified atom stereocenters. The van der Waals surface area contributed by atoms with Gasteiger partial charge in [0, 0.05) is 25.2 Å². The molecule has 3 aromatic rings. The zero-order valence-electron chi connectivity index (χ0n) is 20.1. The number of piperidine rings is 1. The van der Waals surface area contributed by atoms with E-state index in [0.717, 1.165) is 49.2 Å². The van der Waals surface area contributed by atoms with Crippen LogP contribution in [0.2, 0.25) is 0 Å². The summed E-state index contributed by atoms with van der Waals surface area (Å²) < 4.78 is 10.9. The molecule has 35 heavy (non-hydrogen) atoms. The highest BCUT2D eigenvalue weighted by atomic mass is 16.5. The van der Waals surface area contributed by atoms with E-state index >= 15 is 0 Å². The fourth-order valence-corrected chi connectivity index (χ4v) is 4.28. The molecule has 0 saturated carbocycles. The number of carbonyl (C=O) groups excluding carboxylic acids is 2. The van der Waals surface area contributed by atoms with Crippen LogP contribution in [0.15, 0.2) is 78.9 Å². The number of likely N-dealkylation sites (tertiary alicyclic amines) is 1. The summed E-state index contributed by atoms with van der Waals surface area (Å²) in [5.74, 6) is 0.378. The smallest absolute Gasteiger partial charge is 0.328 e. The van der Waals surface area contributed by atoms with Gasteiger partial charge in [-0.3, -0.25) is 4.79 Å². The topological polar surface area (TPSA) is 67.9 Å². The number of hydrogen-bond donors (Lipinski definition) is 1. The number of nitrogens with zero attached hydrogens (tertiary/aromatic N) is 1. The van der Waals surface area contributed by atoms with Gasteiger partial charge in [-0.1, -0.05) is 54.6 Å². The van der Waals surface area contributed by atoms with Crippen molar-refractivity contribution in [2.75, 3.05) is 25.5 Å². The molecule has 3 aromatic carbocycles. The summed E-state index contributed by atoms with van der Waals surface area (Å²) in [4.78, 5) is 27.7. The molecule has 1 amide bonds. The van der Waals surface area contributed by atoms with Crippen molar-refractivity contribution >= 4 is 17.6 Å². The van der Waals surface area contributed by atoms with Crippen LogP contribution in [-0.4, -0.2) is 43.0 Å². The lowest BCUT2D eigenvalue weighted by Crippen LogP contribution is -2.37. The van der Waals surface area contributed by atoms with E-state index in [2.05, 4.69) is 5.32 Å². The zero-order chi connectivity index (χ0) is 24.5. The van der Waals surface area contributed by atoms with Gasteiger partial charge >= 0.3 is 5.97 Å². The molecular weight excluding hydrogens is 440 g/mol. The maximum Gasteiger partial charge on any atom is 0.328 e. The van der Waals surface area contributed by atoms with Gasteiger partial charge in [0.15, 0.2) is 0 Å². The zero-order valence-corrected chi connectivity index (χ0v) is 20.1. The monoisotopic (exact) mass is 472 g/mol. The second-order valence-corrected chi connectivity index (χ2v) is 8.74. The predicted octanol–water partition coefficient (Wildman–Crippen LogP) is 5.09. The molecule has 1 N–H and O–H groups in total. The summed E-state index contributed by atoms with van der Waals surface area (Å²) >= 11 is 0. The number of ether oxygens (including phenoxy) is 2. The molecule has 0 spiro atoms. The Morgan fingerprint density at radius 2 is 1.54 bits per heavy atom. The number of nitrogens with one attached hydrogen (secondary N) is 1. The van der Waals surface area contributed by atoms with E-state index in [1.165, 1.54) is 7.11 Å². The Morgan fingerprint density at radius 3 is 2.26 bits per heavy atom. The van der Waals surface area contributed by atoms with Crippen molar-refractivity contribution in [3.63, 3.8) is 0 Å². The van der Waals surface area contributed by atoms with Gasteiger partial charge < -0.3 is 19.7 Å². The Bertz CT molecular complexity index is 1110. The van der Waals surface area contributed by atoms with Crippen LogP contribution in [0.25, 0.3) is 0 Å². The predicted molar refractivity (Wildman–Crippen MR) is 137 cm³/mol. The van der Waals surface area contributed by atoms with E-state index in [1.807, 2.05) is 83.8 Å². The highest BCUT2D eigenvalue weighted by Crippen LogP contribution is 2.22. The molecule has 1 atom stereocenters. The van der Waals surface area contributed by atoms with Crippen molar-refractivity contribution in [1.29, 1.82) is 0 Å². The fraction of sp³-hybridized carbons (Fsp3) is 0.310. The van der Waals surface area contributed by atoms with Crippen LogP contribution in [0.3, 0.4) is 0 Å². The average molecular weight is 473 g/mol. The van der Waals surface area contributed by atoms with E-state index in [-0.39, 0.29) is 11.9 Å². The Labute approximate surface area is 206 Å². The first-order valence-corrected chi connectivity index (χ1v) is 12.1. The standard InChI is InChI=1S/C29H32N2O4/c1-34-29(33)27(20-22-14-16-24(17-15-22)35-21-23-10-4-2-5-11-23)30-26-13-7-6-12-25(26)28(32)31-18-8-3-9-19-31/h2,4-7,10-17,27,30H,3,8-9,18-21H2,1H3. The quantitative estimate of drug-likeness (QED) is 0.440. The van der Waals surface area contributed by atoms with Crippen molar-refractivity contribution in [1.82, 2.24) is 4.90 Å². The third kappa shape index (κ3) is 6.63. The number of carbonyl (C=O) groups is 2. The van der Waals surface area contributed by atoms with E-state index in [0.29, 0.717) is 24.3 Å². The van der Waals surface area contributed by atoms with Crippen molar-refractivity contribution in [2.24, 2.45) is 0 Å². The molecule has 0 bridgehead atoms. The summed E-state index contributed by atoms with van der Waals surface area (Å²) in [5, 5.41) is 3.27. The normalized spacial score (nSPS) is 14.1. The van der Waals surface area contributed by atoms with E-state index in [4.69, 9.17) is 9.47 Å². The number of rotatable bonds is 9. The highest BCUT2D eigenvalue weighted by molar-refractivity contribution is 6.00. The molecule has 6 nitrogen and oxygen atoms in total. The number of benzene rings is 3. The van der Waals surface area contributed by atoms with Gasteiger partial charge in [0.1, 0.15) is 18.4 Å². The third-order valence-corrected chi connectivity index (χ3v) is 6.23. The van der Waals surface area contributed by atoms with Gasteiger partial charge in [0.25, 0.3) is 5.91 Å². The van der Waals surface area contributed by atoms with Gasteiger partial charge in [0.2, 0.25) is 0 Å². The lowest BCUT2D eigenvalue weighted by molar-refractivity contribution is -0.141. The minimum atomic E-state index is -0.633. The largest absolute Gasteiger partial charge is 0.489 e. The van der Waals surface area contributed by atoms with Gasteiger partial charge in [-0.05, 0) is 54.7 Å². The maximum absolute atomic E-state index is 13.2. The SMILES string of the molecule is COC(=O)C(Cc1ccc(OCc2ccccc2)cc1)Nc1ccccc1C(=O)N1CCCCC1. The molecule has 1 heterocycles. The molecule has 4 rings (SSSR count). The Balaban J connectivity index is 1.44. The van der Waals surface area contributed by atoms with Crippen LogP contribution >= 0.6 is 0 Å². The van der Waals surface area contributed by atoms with Crippen LogP contribution in [0.1, 0.15) is 40.7 Å². The van der Waals surface area contributed by atoms with E-state index in [9.17, 15) is 9.59 Å². The lowest BCUT2D eigenvalue weighted by atomic mass is 10.0. The molecule has 1 aliphatic heterocycles.